The van der Waals surface area contributed by atoms with Gasteiger partial charge in [0.15, 0.2) is 0 Å². The molecular formula is C18H20N4OS. The summed E-state index contributed by atoms with van der Waals surface area (Å²) in [5, 5.41) is 13.3. The van der Waals surface area contributed by atoms with Gasteiger partial charge in [-0.25, -0.2) is 4.98 Å². The third kappa shape index (κ3) is 3.31. The molecule has 0 fully saturated rings. The molecule has 1 aromatic carbocycles. The lowest BCUT2D eigenvalue weighted by Gasteiger charge is -2.17. The SMILES string of the molecule is CC(NCc1cc(O)ccc1-c1cccc2nccn12)C(=S)CN. The van der Waals surface area contributed by atoms with Crippen molar-refractivity contribution in [2.45, 2.75) is 19.5 Å². The van der Waals surface area contributed by atoms with Gasteiger partial charge in [0.25, 0.3) is 0 Å². The number of aromatic nitrogens is 2. The van der Waals surface area contributed by atoms with Gasteiger partial charge in [-0.15, -0.1) is 0 Å². The number of nitrogens with one attached hydrogen (secondary N) is 1. The van der Waals surface area contributed by atoms with Crippen LogP contribution in [-0.2, 0) is 6.54 Å². The van der Waals surface area contributed by atoms with Gasteiger partial charge in [-0.2, -0.15) is 0 Å². The number of hydrogen-bond donors (Lipinski definition) is 3. The fourth-order valence-electron chi connectivity index (χ4n) is 2.70. The summed E-state index contributed by atoms with van der Waals surface area (Å²) in [5.41, 5.74) is 9.54. The highest BCUT2D eigenvalue weighted by molar-refractivity contribution is 7.80. The first-order valence-corrected chi connectivity index (χ1v) is 8.21. The van der Waals surface area contributed by atoms with Crippen molar-refractivity contribution in [2.75, 3.05) is 6.54 Å². The highest BCUT2D eigenvalue weighted by Gasteiger charge is 2.12. The van der Waals surface area contributed by atoms with E-state index in [1.54, 1.807) is 18.3 Å². The normalized spacial score (nSPS) is 12.4. The number of pyridine rings is 1. The van der Waals surface area contributed by atoms with Crippen molar-refractivity contribution in [1.29, 1.82) is 0 Å². The van der Waals surface area contributed by atoms with Crippen LogP contribution in [0.15, 0.2) is 48.8 Å². The summed E-state index contributed by atoms with van der Waals surface area (Å²) in [6.07, 6.45) is 3.71. The summed E-state index contributed by atoms with van der Waals surface area (Å²) >= 11 is 5.25. The van der Waals surface area contributed by atoms with Crippen LogP contribution < -0.4 is 11.1 Å². The van der Waals surface area contributed by atoms with Crippen molar-refractivity contribution in [1.82, 2.24) is 14.7 Å². The molecule has 0 radical (unpaired) electrons. The second-order valence-corrected chi connectivity index (χ2v) is 6.21. The Balaban J connectivity index is 1.97. The number of thiocarbonyl (C=S) groups is 1. The van der Waals surface area contributed by atoms with Crippen molar-refractivity contribution in [2.24, 2.45) is 5.73 Å². The Morgan fingerprint density at radius 3 is 3.00 bits per heavy atom. The molecule has 0 amide bonds. The first kappa shape index (κ1) is 16.6. The average Bonchev–Trinajstić information content (AvgIpc) is 3.08. The van der Waals surface area contributed by atoms with Crippen molar-refractivity contribution >= 4 is 22.7 Å². The first-order chi connectivity index (χ1) is 11.6. The Labute approximate surface area is 146 Å². The third-order valence-corrected chi connectivity index (χ3v) is 4.60. The van der Waals surface area contributed by atoms with Gasteiger partial charge in [0, 0.05) is 42.0 Å². The van der Waals surface area contributed by atoms with Crippen molar-refractivity contribution < 1.29 is 5.11 Å². The zero-order chi connectivity index (χ0) is 17.1. The predicted octanol–water partition coefficient (Wildman–Crippen LogP) is 2.51. The Morgan fingerprint density at radius 2 is 2.21 bits per heavy atom. The smallest absolute Gasteiger partial charge is 0.137 e. The maximum Gasteiger partial charge on any atom is 0.137 e. The molecule has 5 nitrogen and oxygen atoms in total. The van der Waals surface area contributed by atoms with E-state index in [1.807, 2.05) is 41.8 Å². The molecule has 4 N–H and O–H groups in total. The van der Waals surface area contributed by atoms with Gasteiger partial charge in [0.1, 0.15) is 11.4 Å². The summed E-state index contributed by atoms with van der Waals surface area (Å²) in [6.45, 7) is 2.95. The van der Waals surface area contributed by atoms with Crippen LogP contribution >= 0.6 is 12.2 Å². The summed E-state index contributed by atoms with van der Waals surface area (Å²) in [5.74, 6) is 0.238. The number of aromatic hydroxyl groups is 1. The van der Waals surface area contributed by atoms with Crippen LogP contribution in [0.4, 0.5) is 0 Å². The summed E-state index contributed by atoms with van der Waals surface area (Å²) in [7, 11) is 0. The Hall–Kier alpha value is -2.28. The van der Waals surface area contributed by atoms with Crippen LogP contribution in [0.5, 0.6) is 5.75 Å². The molecule has 0 spiro atoms. The molecule has 0 aliphatic heterocycles. The number of rotatable bonds is 6. The zero-order valence-electron chi connectivity index (χ0n) is 13.4. The monoisotopic (exact) mass is 340 g/mol. The lowest BCUT2D eigenvalue weighted by Crippen LogP contribution is -2.36. The number of nitrogens with zero attached hydrogens (tertiary/aromatic N) is 2. The maximum atomic E-state index is 9.89. The summed E-state index contributed by atoms with van der Waals surface area (Å²) < 4.78 is 2.03. The molecule has 2 heterocycles. The number of fused-ring (bicyclic) bond motifs is 1. The van der Waals surface area contributed by atoms with Crippen molar-refractivity contribution in [3.8, 4) is 17.0 Å². The Bertz CT molecular complexity index is 874. The molecule has 124 valence electrons. The lowest BCUT2D eigenvalue weighted by atomic mass is 10.0. The van der Waals surface area contributed by atoms with Crippen molar-refractivity contribution in [3.05, 3.63) is 54.4 Å². The zero-order valence-corrected chi connectivity index (χ0v) is 14.3. The second kappa shape index (κ2) is 7.09. The molecule has 1 unspecified atom stereocenters. The van der Waals surface area contributed by atoms with E-state index >= 15 is 0 Å². The fraction of sp³-hybridized carbons (Fsp3) is 0.222. The summed E-state index contributed by atoms with van der Waals surface area (Å²) in [6, 6.07) is 11.4. The second-order valence-electron chi connectivity index (χ2n) is 5.68. The number of nitrogens with two attached hydrogens (primary N) is 1. The molecule has 24 heavy (non-hydrogen) atoms. The first-order valence-electron chi connectivity index (χ1n) is 7.80. The number of phenolic OH excluding ortho intramolecular Hbond substituents is 1. The summed E-state index contributed by atoms with van der Waals surface area (Å²) in [4.78, 5) is 5.11. The van der Waals surface area contributed by atoms with Crippen LogP contribution in [0.25, 0.3) is 16.9 Å². The highest BCUT2D eigenvalue weighted by Crippen LogP contribution is 2.27. The molecule has 6 heteroatoms. The topological polar surface area (TPSA) is 75.6 Å². The number of phenols is 1. The quantitative estimate of drug-likeness (QED) is 0.601. The molecule has 0 saturated heterocycles. The van der Waals surface area contributed by atoms with Gasteiger partial charge in [-0.05, 0) is 42.8 Å². The van der Waals surface area contributed by atoms with E-state index < -0.39 is 0 Å². The van der Waals surface area contributed by atoms with Crippen LogP contribution in [0, 0.1) is 0 Å². The Kier molecular flexibility index (Phi) is 4.89. The van der Waals surface area contributed by atoms with Gasteiger partial charge >= 0.3 is 0 Å². The molecule has 0 saturated carbocycles. The van der Waals surface area contributed by atoms with E-state index in [9.17, 15) is 5.11 Å². The Morgan fingerprint density at radius 1 is 1.38 bits per heavy atom. The van der Waals surface area contributed by atoms with E-state index in [0.29, 0.717) is 13.1 Å². The standard InChI is InChI=1S/C18H20N4OS/c1-12(17(24)10-19)21-11-13-9-14(23)5-6-15(13)16-3-2-4-18-20-7-8-22(16)18/h2-9,12,21,23H,10-11,19H2,1H3. The molecule has 0 aliphatic rings. The van der Waals surface area contributed by atoms with Gasteiger partial charge < -0.3 is 16.2 Å². The maximum absolute atomic E-state index is 9.89. The average molecular weight is 340 g/mol. The van der Waals surface area contributed by atoms with Crippen LogP contribution in [0.3, 0.4) is 0 Å². The molecular weight excluding hydrogens is 320 g/mol. The van der Waals surface area contributed by atoms with Gasteiger partial charge in [-0.1, -0.05) is 18.3 Å². The molecule has 3 rings (SSSR count). The van der Waals surface area contributed by atoms with E-state index in [-0.39, 0.29) is 11.8 Å². The molecule has 0 aliphatic carbocycles. The minimum atomic E-state index is 0.0317. The third-order valence-electron chi connectivity index (χ3n) is 4.08. The lowest BCUT2D eigenvalue weighted by molar-refractivity contribution is 0.474. The van der Waals surface area contributed by atoms with E-state index in [0.717, 1.165) is 27.3 Å². The number of benzene rings is 1. The largest absolute Gasteiger partial charge is 0.508 e. The minimum absolute atomic E-state index is 0.0317. The van der Waals surface area contributed by atoms with Gasteiger partial charge in [-0.3, -0.25) is 4.40 Å². The predicted molar refractivity (Wildman–Crippen MR) is 100 cm³/mol. The van der Waals surface area contributed by atoms with Gasteiger partial charge in [0.05, 0.1) is 5.69 Å². The molecule has 0 bridgehead atoms. The van der Waals surface area contributed by atoms with Crippen LogP contribution in [-0.4, -0.2) is 31.9 Å². The molecule has 1 atom stereocenters. The minimum Gasteiger partial charge on any atom is -0.508 e. The van der Waals surface area contributed by atoms with Crippen molar-refractivity contribution in [3.63, 3.8) is 0 Å². The van der Waals surface area contributed by atoms with Crippen LogP contribution in [0.2, 0.25) is 0 Å². The van der Waals surface area contributed by atoms with E-state index in [4.69, 9.17) is 18.0 Å². The number of imidazole rings is 1. The van der Waals surface area contributed by atoms with Gasteiger partial charge in [0.2, 0.25) is 0 Å². The van der Waals surface area contributed by atoms with E-state index in [1.165, 1.54) is 0 Å². The molecule has 2 aromatic heterocycles. The fourth-order valence-corrected chi connectivity index (χ4v) is 2.78. The van der Waals surface area contributed by atoms with E-state index in [2.05, 4.69) is 10.3 Å². The number of hydrogen-bond acceptors (Lipinski definition) is 5. The highest BCUT2D eigenvalue weighted by atomic mass is 32.1. The van der Waals surface area contributed by atoms with Crippen LogP contribution in [0.1, 0.15) is 12.5 Å². The molecule has 3 aromatic rings.